The number of benzene rings is 1. The summed E-state index contributed by atoms with van der Waals surface area (Å²) in [5.74, 6) is -0.194. The molecule has 2 aliphatic rings. The van der Waals surface area contributed by atoms with E-state index in [1.807, 2.05) is 17.0 Å². The van der Waals surface area contributed by atoms with Crippen LogP contribution in [-0.2, 0) is 16.0 Å². The van der Waals surface area contributed by atoms with Crippen molar-refractivity contribution in [3.05, 3.63) is 35.6 Å². The van der Waals surface area contributed by atoms with Gasteiger partial charge in [-0.25, -0.2) is 4.39 Å². The first-order valence-electron chi connectivity index (χ1n) is 8.43. The van der Waals surface area contributed by atoms with Gasteiger partial charge < -0.3 is 10.2 Å². The van der Waals surface area contributed by atoms with Crippen LogP contribution >= 0.6 is 0 Å². The minimum atomic E-state index is -0.223. The Balaban J connectivity index is 1.44. The lowest BCUT2D eigenvalue weighted by Crippen LogP contribution is -2.51. The predicted molar refractivity (Wildman–Crippen MR) is 88.9 cm³/mol. The second-order valence-electron chi connectivity index (χ2n) is 7.11. The summed E-state index contributed by atoms with van der Waals surface area (Å²) in [4.78, 5) is 27.4. The highest BCUT2D eigenvalue weighted by Crippen LogP contribution is 2.47. The van der Waals surface area contributed by atoms with Gasteiger partial charge in [-0.15, -0.1) is 0 Å². The molecule has 1 aliphatic carbocycles. The Morgan fingerprint density at radius 1 is 1.25 bits per heavy atom. The summed E-state index contributed by atoms with van der Waals surface area (Å²) < 4.78 is 13.0. The Morgan fingerprint density at radius 2 is 1.96 bits per heavy atom. The van der Waals surface area contributed by atoms with Gasteiger partial charge in [0.2, 0.25) is 11.8 Å². The standard InChI is InChI=1S/C18H24FN3O2/c1-21-8-9-22(12-17(21)24)11-16(23)20-13-18(6-7-18)10-14-2-4-15(19)5-3-14/h2-5H,6-13H2,1H3,(H,20,23). The van der Waals surface area contributed by atoms with Gasteiger partial charge in [0.1, 0.15) is 5.82 Å². The van der Waals surface area contributed by atoms with Crippen LogP contribution in [0, 0.1) is 11.2 Å². The topological polar surface area (TPSA) is 52.6 Å². The molecule has 1 aliphatic heterocycles. The number of nitrogens with zero attached hydrogens (tertiary/aromatic N) is 2. The Labute approximate surface area is 141 Å². The minimum absolute atomic E-state index is 0.0299. The van der Waals surface area contributed by atoms with Gasteiger partial charge in [-0.2, -0.15) is 0 Å². The lowest BCUT2D eigenvalue weighted by molar-refractivity contribution is -0.135. The summed E-state index contributed by atoms with van der Waals surface area (Å²) in [5.41, 5.74) is 1.22. The number of hydrogen-bond donors (Lipinski definition) is 1. The molecule has 1 aromatic rings. The van der Waals surface area contributed by atoms with Crippen LogP contribution in [-0.4, -0.2) is 61.4 Å². The van der Waals surface area contributed by atoms with E-state index in [-0.39, 0.29) is 29.6 Å². The van der Waals surface area contributed by atoms with Crippen molar-refractivity contribution in [2.45, 2.75) is 19.3 Å². The Bertz CT molecular complexity index is 613. The predicted octanol–water partition coefficient (Wildman–Crippen LogP) is 1.04. The molecule has 0 radical (unpaired) electrons. The molecule has 2 amide bonds. The third kappa shape index (κ3) is 4.32. The van der Waals surface area contributed by atoms with Gasteiger partial charge in [0.25, 0.3) is 0 Å². The van der Waals surface area contributed by atoms with Crippen LogP contribution in [0.4, 0.5) is 4.39 Å². The average Bonchev–Trinajstić information content (AvgIpc) is 3.31. The Hall–Kier alpha value is -1.95. The maximum atomic E-state index is 13.0. The summed E-state index contributed by atoms with van der Waals surface area (Å²) in [6.07, 6.45) is 3.02. The van der Waals surface area contributed by atoms with E-state index in [4.69, 9.17) is 0 Å². The van der Waals surface area contributed by atoms with Gasteiger partial charge >= 0.3 is 0 Å². The number of nitrogens with one attached hydrogen (secondary N) is 1. The van der Waals surface area contributed by atoms with Crippen molar-refractivity contribution >= 4 is 11.8 Å². The fourth-order valence-electron chi connectivity index (χ4n) is 3.12. The first kappa shape index (κ1) is 16.9. The van der Waals surface area contributed by atoms with Gasteiger partial charge in [0, 0.05) is 26.7 Å². The van der Waals surface area contributed by atoms with E-state index in [2.05, 4.69) is 5.32 Å². The number of carbonyl (C=O) groups excluding carboxylic acids is 2. The molecular formula is C18H24FN3O2. The lowest BCUT2D eigenvalue weighted by Gasteiger charge is -2.31. The molecule has 3 rings (SSSR count). The van der Waals surface area contributed by atoms with E-state index in [9.17, 15) is 14.0 Å². The van der Waals surface area contributed by atoms with Crippen LogP contribution in [0.25, 0.3) is 0 Å². The summed E-state index contributed by atoms with van der Waals surface area (Å²) in [6, 6.07) is 6.59. The van der Waals surface area contributed by atoms with Crippen LogP contribution in [0.3, 0.4) is 0 Å². The number of carbonyl (C=O) groups is 2. The van der Waals surface area contributed by atoms with Gasteiger partial charge in [-0.3, -0.25) is 14.5 Å². The largest absolute Gasteiger partial charge is 0.354 e. The molecule has 2 fully saturated rings. The normalized spacial score (nSPS) is 20.1. The monoisotopic (exact) mass is 333 g/mol. The zero-order valence-corrected chi connectivity index (χ0v) is 14.1. The van der Waals surface area contributed by atoms with E-state index in [0.29, 0.717) is 19.6 Å². The number of piperazine rings is 1. The van der Waals surface area contributed by atoms with E-state index >= 15 is 0 Å². The summed E-state index contributed by atoms with van der Waals surface area (Å²) in [5, 5.41) is 3.01. The summed E-state index contributed by atoms with van der Waals surface area (Å²) in [6.45, 7) is 2.62. The molecular weight excluding hydrogens is 309 g/mol. The molecule has 6 heteroatoms. The third-order valence-corrected chi connectivity index (χ3v) is 5.01. The molecule has 0 spiro atoms. The first-order valence-corrected chi connectivity index (χ1v) is 8.43. The van der Waals surface area contributed by atoms with Crippen LogP contribution < -0.4 is 5.32 Å². The van der Waals surface area contributed by atoms with Crippen molar-refractivity contribution in [1.82, 2.24) is 15.1 Å². The molecule has 0 aromatic heterocycles. The van der Waals surface area contributed by atoms with Crippen molar-refractivity contribution in [2.75, 3.05) is 39.8 Å². The van der Waals surface area contributed by atoms with Crippen molar-refractivity contribution in [3.63, 3.8) is 0 Å². The van der Waals surface area contributed by atoms with Gasteiger partial charge in [-0.1, -0.05) is 12.1 Å². The van der Waals surface area contributed by atoms with Crippen LogP contribution in [0.15, 0.2) is 24.3 Å². The zero-order valence-electron chi connectivity index (χ0n) is 14.1. The smallest absolute Gasteiger partial charge is 0.236 e. The molecule has 1 N–H and O–H groups in total. The van der Waals surface area contributed by atoms with E-state index in [0.717, 1.165) is 31.4 Å². The average molecular weight is 333 g/mol. The van der Waals surface area contributed by atoms with E-state index in [1.54, 1.807) is 11.9 Å². The Morgan fingerprint density at radius 3 is 2.58 bits per heavy atom. The molecule has 24 heavy (non-hydrogen) atoms. The highest BCUT2D eigenvalue weighted by atomic mass is 19.1. The minimum Gasteiger partial charge on any atom is -0.354 e. The highest BCUT2D eigenvalue weighted by Gasteiger charge is 2.42. The third-order valence-electron chi connectivity index (χ3n) is 5.01. The van der Waals surface area contributed by atoms with Gasteiger partial charge in [0.15, 0.2) is 0 Å². The lowest BCUT2D eigenvalue weighted by atomic mass is 9.96. The zero-order chi connectivity index (χ0) is 17.2. The molecule has 5 nitrogen and oxygen atoms in total. The Kier molecular flexibility index (Phi) is 4.85. The molecule has 1 saturated carbocycles. The second kappa shape index (κ2) is 6.89. The van der Waals surface area contributed by atoms with Crippen molar-refractivity contribution in [1.29, 1.82) is 0 Å². The maximum absolute atomic E-state index is 13.0. The van der Waals surface area contributed by atoms with Crippen LogP contribution in [0.1, 0.15) is 18.4 Å². The molecule has 0 bridgehead atoms. The van der Waals surface area contributed by atoms with Crippen molar-refractivity contribution in [2.24, 2.45) is 5.41 Å². The van der Waals surface area contributed by atoms with Crippen molar-refractivity contribution in [3.8, 4) is 0 Å². The number of likely N-dealkylation sites (N-methyl/N-ethyl adjacent to an activating group) is 1. The molecule has 130 valence electrons. The highest BCUT2D eigenvalue weighted by molar-refractivity contribution is 5.81. The van der Waals surface area contributed by atoms with E-state index in [1.165, 1.54) is 12.1 Å². The van der Waals surface area contributed by atoms with Crippen LogP contribution in [0.5, 0.6) is 0 Å². The molecule has 1 saturated heterocycles. The second-order valence-corrected chi connectivity index (χ2v) is 7.11. The van der Waals surface area contributed by atoms with E-state index < -0.39 is 0 Å². The van der Waals surface area contributed by atoms with Crippen LogP contribution in [0.2, 0.25) is 0 Å². The van der Waals surface area contributed by atoms with Gasteiger partial charge in [-0.05, 0) is 42.4 Å². The molecule has 0 unspecified atom stereocenters. The molecule has 0 atom stereocenters. The quantitative estimate of drug-likeness (QED) is 0.846. The fraction of sp³-hybridized carbons (Fsp3) is 0.556. The van der Waals surface area contributed by atoms with Gasteiger partial charge in [0.05, 0.1) is 13.1 Å². The van der Waals surface area contributed by atoms with Crippen molar-refractivity contribution < 1.29 is 14.0 Å². The SMILES string of the molecule is CN1CCN(CC(=O)NCC2(Cc3ccc(F)cc3)CC2)CC1=O. The number of rotatable bonds is 6. The number of amides is 2. The number of halogens is 1. The number of hydrogen-bond acceptors (Lipinski definition) is 3. The first-order chi connectivity index (χ1) is 11.5. The molecule has 1 heterocycles. The fourth-order valence-corrected chi connectivity index (χ4v) is 3.12. The maximum Gasteiger partial charge on any atom is 0.236 e. The molecule has 1 aromatic carbocycles. The summed E-state index contributed by atoms with van der Waals surface area (Å²) >= 11 is 0. The summed E-state index contributed by atoms with van der Waals surface area (Å²) in [7, 11) is 1.78.